The summed E-state index contributed by atoms with van der Waals surface area (Å²) < 4.78 is 0. The van der Waals surface area contributed by atoms with E-state index in [1.54, 1.807) is 0 Å². The van der Waals surface area contributed by atoms with Crippen molar-refractivity contribution in [3.05, 3.63) is 22.8 Å². The van der Waals surface area contributed by atoms with Crippen LogP contribution in [-0.2, 0) is 6.54 Å². The minimum atomic E-state index is 0.698. The van der Waals surface area contributed by atoms with E-state index >= 15 is 0 Å². The van der Waals surface area contributed by atoms with Gasteiger partial charge in [-0.25, -0.2) is 4.98 Å². The zero-order valence-electron chi connectivity index (χ0n) is 11.4. The van der Waals surface area contributed by atoms with Crippen molar-refractivity contribution in [1.82, 2.24) is 15.2 Å². The van der Waals surface area contributed by atoms with E-state index in [9.17, 15) is 0 Å². The number of anilines is 1. The Labute approximate surface area is 119 Å². The van der Waals surface area contributed by atoms with Crippen LogP contribution in [0.2, 0.25) is 5.02 Å². The van der Waals surface area contributed by atoms with Gasteiger partial charge in [-0.1, -0.05) is 11.6 Å². The van der Waals surface area contributed by atoms with Crippen LogP contribution < -0.4 is 10.2 Å². The Morgan fingerprint density at radius 2 is 2.32 bits per heavy atom. The zero-order chi connectivity index (χ0) is 13.2. The van der Waals surface area contributed by atoms with Gasteiger partial charge in [-0.15, -0.1) is 0 Å². The molecule has 3 heterocycles. The number of rotatable bonds is 3. The molecule has 1 aromatic rings. The second-order valence-electron chi connectivity index (χ2n) is 5.46. The number of hydrogen-bond donors (Lipinski definition) is 1. The number of nitrogens with zero attached hydrogens (tertiary/aromatic N) is 3. The summed E-state index contributed by atoms with van der Waals surface area (Å²) in [5.41, 5.74) is 1.13. The molecule has 1 aromatic heterocycles. The van der Waals surface area contributed by atoms with Crippen molar-refractivity contribution in [3.8, 4) is 0 Å². The minimum absolute atomic E-state index is 0.698. The molecule has 0 bridgehead atoms. The van der Waals surface area contributed by atoms with Crippen molar-refractivity contribution >= 4 is 17.4 Å². The van der Waals surface area contributed by atoms with Crippen LogP contribution in [0.25, 0.3) is 0 Å². The van der Waals surface area contributed by atoms with E-state index in [2.05, 4.69) is 20.1 Å². The second-order valence-corrected chi connectivity index (χ2v) is 5.86. The van der Waals surface area contributed by atoms with Crippen molar-refractivity contribution in [3.63, 3.8) is 0 Å². The summed E-state index contributed by atoms with van der Waals surface area (Å²) in [4.78, 5) is 9.51. The molecule has 1 unspecified atom stereocenters. The molecule has 0 saturated carbocycles. The van der Waals surface area contributed by atoms with Crippen molar-refractivity contribution in [2.75, 3.05) is 38.1 Å². The van der Waals surface area contributed by atoms with Gasteiger partial charge in [-0.2, -0.15) is 0 Å². The smallest absolute Gasteiger partial charge is 0.147 e. The lowest BCUT2D eigenvalue weighted by molar-refractivity contribution is 0.230. The first-order valence-corrected chi connectivity index (χ1v) is 7.44. The van der Waals surface area contributed by atoms with E-state index in [1.165, 1.54) is 19.4 Å². The van der Waals surface area contributed by atoms with Crippen molar-refractivity contribution in [1.29, 1.82) is 0 Å². The predicted octanol–water partition coefficient (Wildman–Crippen LogP) is 1.74. The molecule has 3 rings (SSSR count). The lowest BCUT2D eigenvalue weighted by Crippen LogP contribution is -2.50. The van der Waals surface area contributed by atoms with Crippen LogP contribution in [0.1, 0.15) is 18.4 Å². The molecule has 2 aliphatic heterocycles. The lowest BCUT2D eigenvalue weighted by Gasteiger charge is -2.38. The quantitative estimate of drug-likeness (QED) is 0.914. The van der Waals surface area contributed by atoms with E-state index in [1.807, 2.05) is 19.3 Å². The highest BCUT2D eigenvalue weighted by Crippen LogP contribution is 2.29. The van der Waals surface area contributed by atoms with Gasteiger partial charge in [-0.3, -0.25) is 4.90 Å². The Bertz CT molecular complexity index is 451. The van der Waals surface area contributed by atoms with Crippen molar-refractivity contribution in [2.24, 2.45) is 0 Å². The Hall–Kier alpha value is -0.840. The minimum Gasteiger partial charge on any atom is -0.353 e. The van der Waals surface area contributed by atoms with Gasteiger partial charge in [0.25, 0.3) is 0 Å². The maximum absolute atomic E-state index is 6.40. The first-order valence-electron chi connectivity index (χ1n) is 7.06. The van der Waals surface area contributed by atoms with Gasteiger partial charge in [0, 0.05) is 38.4 Å². The summed E-state index contributed by atoms with van der Waals surface area (Å²) in [6.45, 7) is 5.32. The molecule has 0 spiro atoms. The van der Waals surface area contributed by atoms with E-state index in [-0.39, 0.29) is 0 Å². The predicted molar refractivity (Wildman–Crippen MR) is 78.8 cm³/mol. The number of nitrogens with one attached hydrogen (secondary N) is 1. The maximum Gasteiger partial charge on any atom is 0.147 e. The average molecular weight is 281 g/mol. The molecular weight excluding hydrogens is 260 g/mol. The van der Waals surface area contributed by atoms with Crippen LogP contribution in [0.5, 0.6) is 0 Å². The van der Waals surface area contributed by atoms with Crippen LogP contribution in [0.15, 0.2) is 12.3 Å². The third-order valence-electron chi connectivity index (χ3n) is 4.15. The van der Waals surface area contributed by atoms with Gasteiger partial charge in [0.2, 0.25) is 0 Å². The van der Waals surface area contributed by atoms with Gasteiger partial charge < -0.3 is 10.2 Å². The van der Waals surface area contributed by atoms with Crippen molar-refractivity contribution in [2.45, 2.75) is 25.4 Å². The molecule has 0 radical (unpaired) electrons. The van der Waals surface area contributed by atoms with Crippen LogP contribution in [0.3, 0.4) is 0 Å². The zero-order valence-corrected chi connectivity index (χ0v) is 12.2. The standard InChI is InChI=1S/C14H21ClN4/c1-16-8-11-7-13(15)14(17-9-11)19-6-5-18-4-2-3-12(18)10-19/h7,9,12,16H,2-6,8,10H2,1H3. The molecule has 1 atom stereocenters. The maximum atomic E-state index is 6.40. The molecule has 1 N–H and O–H groups in total. The van der Waals surface area contributed by atoms with E-state index in [4.69, 9.17) is 11.6 Å². The first kappa shape index (κ1) is 13.2. The molecule has 2 fully saturated rings. The highest BCUT2D eigenvalue weighted by Gasteiger charge is 2.31. The number of pyridine rings is 1. The van der Waals surface area contributed by atoms with Gasteiger partial charge in [0.1, 0.15) is 5.82 Å². The molecular formula is C14H21ClN4. The third kappa shape index (κ3) is 2.71. The largest absolute Gasteiger partial charge is 0.353 e. The lowest BCUT2D eigenvalue weighted by atomic mass is 10.1. The molecule has 0 aliphatic carbocycles. The van der Waals surface area contributed by atoms with Crippen LogP contribution in [0.4, 0.5) is 5.82 Å². The van der Waals surface area contributed by atoms with Gasteiger partial charge >= 0.3 is 0 Å². The van der Waals surface area contributed by atoms with Crippen LogP contribution in [0, 0.1) is 0 Å². The fraction of sp³-hybridized carbons (Fsp3) is 0.643. The fourth-order valence-electron chi connectivity index (χ4n) is 3.19. The van der Waals surface area contributed by atoms with Gasteiger partial charge in [-0.05, 0) is 38.1 Å². The monoisotopic (exact) mass is 280 g/mol. The number of fused-ring (bicyclic) bond motifs is 1. The second kappa shape index (κ2) is 5.65. The Balaban J connectivity index is 1.75. The summed E-state index contributed by atoms with van der Waals surface area (Å²) >= 11 is 6.40. The SMILES string of the molecule is CNCc1cnc(N2CCN3CCCC3C2)c(Cl)c1. The van der Waals surface area contributed by atoms with Crippen molar-refractivity contribution < 1.29 is 0 Å². The normalized spacial score (nSPS) is 23.7. The van der Waals surface area contributed by atoms with Crippen LogP contribution >= 0.6 is 11.6 Å². The Morgan fingerprint density at radius 1 is 1.42 bits per heavy atom. The highest BCUT2D eigenvalue weighted by molar-refractivity contribution is 6.33. The summed E-state index contributed by atoms with van der Waals surface area (Å²) in [5.74, 6) is 0.952. The summed E-state index contributed by atoms with van der Waals surface area (Å²) in [7, 11) is 1.93. The Kier molecular flexibility index (Phi) is 3.91. The Morgan fingerprint density at radius 3 is 3.11 bits per heavy atom. The van der Waals surface area contributed by atoms with E-state index in [0.29, 0.717) is 6.04 Å². The summed E-state index contributed by atoms with van der Waals surface area (Å²) in [6.07, 6.45) is 4.57. The molecule has 0 aromatic carbocycles. The summed E-state index contributed by atoms with van der Waals surface area (Å²) in [6, 6.07) is 2.73. The number of halogens is 1. The molecule has 2 aliphatic rings. The molecule has 19 heavy (non-hydrogen) atoms. The van der Waals surface area contributed by atoms with E-state index < -0.39 is 0 Å². The van der Waals surface area contributed by atoms with Gasteiger partial charge in [0.05, 0.1) is 5.02 Å². The highest BCUT2D eigenvalue weighted by atomic mass is 35.5. The fourth-order valence-corrected chi connectivity index (χ4v) is 3.50. The van der Waals surface area contributed by atoms with E-state index in [0.717, 1.165) is 42.6 Å². The molecule has 2 saturated heterocycles. The van der Waals surface area contributed by atoms with Gasteiger partial charge in [0.15, 0.2) is 0 Å². The topological polar surface area (TPSA) is 31.4 Å². The molecule has 5 heteroatoms. The third-order valence-corrected chi connectivity index (χ3v) is 4.42. The molecule has 104 valence electrons. The average Bonchev–Trinajstić information content (AvgIpc) is 2.86. The number of aromatic nitrogens is 1. The first-order chi connectivity index (χ1) is 9.28. The molecule has 4 nitrogen and oxygen atoms in total. The molecule has 0 amide bonds. The summed E-state index contributed by atoms with van der Waals surface area (Å²) in [5, 5.41) is 3.90. The number of piperazine rings is 1. The van der Waals surface area contributed by atoms with Crippen LogP contribution in [-0.4, -0.2) is 49.2 Å². The number of hydrogen-bond acceptors (Lipinski definition) is 4.